The van der Waals surface area contributed by atoms with E-state index in [0.29, 0.717) is 11.8 Å². The van der Waals surface area contributed by atoms with E-state index in [4.69, 9.17) is 4.42 Å². The van der Waals surface area contributed by atoms with Crippen LogP contribution < -0.4 is 5.63 Å². The van der Waals surface area contributed by atoms with Gasteiger partial charge in [0.1, 0.15) is 10.2 Å². The zero-order valence-electron chi connectivity index (χ0n) is 11.0. The van der Waals surface area contributed by atoms with Gasteiger partial charge in [0.05, 0.1) is 4.88 Å². The third-order valence-electron chi connectivity index (χ3n) is 3.82. The van der Waals surface area contributed by atoms with Crippen LogP contribution in [0.3, 0.4) is 0 Å². The first-order chi connectivity index (χ1) is 9.72. The number of hydrogen-bond donors (Lipinski definition) is 0. The number of nitrogens with zero attached hydrogens (tertiary/aromatic N) is 1. The highest BCUT2D eigenvalue weighted by molar-refractivity contribution is 7.18. The molecule has 1 aliphatic rings. The molecule has 0 bridgehead atoms. The van der Waals surface area contributed by atoms with Gasteiger partial charge in [0.2, 0.25) is 5.89 Å². The van der Waals surface area contributed by atoms with Crippen LogP contribution in [0.5, 0.6) is 0 Å². The van der Waals surface area contributed by atoms with E-state index in [9.17, 15) is 4.79 Å². The van der Waals surface area contributed by atoms with Gasteiger partial charge in [-0.3, -0.25) is 0 Å². The van der Waals surface area contributed by atoms with E-state index < -0.39 is 0 Å². The summed E-state index contributed by atoms with van der Waals surface area (Å²) < 4.78 is 5.44. The predicted octanol–water partition coefficient (Wildman–Crippen LogP) is 4.10. The van der Waals surface area contributed by atoms with Crippen LogP contribution in [0.25, 0.3) is 21.0 Å². The van der Waals surface area contributed by atoms with Gasteiger partial charge in [-0.2, -0.15) is 0 Å². The average Bonchev–Trinajstić information content (AvgIpc) is 3.04. The second-order valence-corrected chi connectivity index (χ2v) is 7.35. The largest absolute Gasteiger partial charge is 0.402 e. The van der Waals surface area contributed by atoms with Crippen LogP contribution in [-0.2, 0) is 12.8 Å². The number of aromatic nitrogens is 1. The summed E-state index contributed by atoms with van der Waals surface area (Å²) in [4.78, 5) is 19.9. The minimum absolute atomic E-state index is 0.231. The van der Waals surface area contributed by atoms with E-state index in [1.54, 1.807) is 11.3 Å². The Hall–Kier alpha value is -1.46. The van der Waals surface area contributed by atoms with Gasteiger partial charge in [-0.05, 0) is 42.2 Å². The Balaban J connectivity index is 1.96. The molecule has 3 heterocycles. The topological polar surface area (TPSA) is 43.1 Å². The lowest BCUT2D eigenvalue weighted by molar-refractivity contribution is 0.503. The van der Waals surface area contributed by atoms with E-state index >= 15 is 0 Å². The zero-order chi connectivity index (χ0) is 13.7. The molecule has 1 aliphatic carbocycles. The summed E-state index contributed by atoms with van der Waals surface area (Å²) in [5.74, 6) is 1.14. The van der Waals surface area contributed by atoms with Crippen molar-refractivity contribution in [3.63, 3.8) is 0 Å². The Bertz CT molecular complexity index is 830. The molecule has 3 nitrogen and oxygen atoms in total. The average molecular weight is 303 g/mol. The molecule has 3 aromatic rings. The van der Waals surface area contributed by atoms with E-state index in [0.717, 1.165) is 34.4 Å². The summed E-state index contributed by atoms with van der Waals surface area (Å²) in [5, 5.41) is 2.68. The molecule has 4 rings (SSSR count). The van der Waals surface area contributed by atoms with Gasteiger partial charge in [0.15, 0.2) is 0 Å². The lowest BCUT2D eigenvalue weighted by Crippen LogP contribution is -2.11. The molecular formula is C15H13NO2S2. The Morgan fingerprint density at radius 3 is 3.15 bits per heavy atom. The lowest BCUT2D eigenvalue weighted by atomic mass is 9.89. The molecule has 3 aromatic heterocycles. The zero-order valence-corrected chi connectivity index (χ0v) is 12.6. The standard InChI is InChI=1S/C15H13NO2S2/c1-8-4-5-9-11(7-8)20-14-12(9)15(17)18-13(16-14)10-3-2-6-19-10/h2-3,6,8H,4-5,7H2,1H3/t8-/m0/s1. The Morgan fingerprint density at radius 1 is 1.45 bits per heavy atom. The first-order valence-corrected chi connectivity index (χ1v) is 8.41. The van der Waals surface area contributed by atoms with Crippen molar-refractivity contribution >= 4 is 32.9 Å². The monoisotopic (exact) mass is 303 g/mol. The summed E-state index contributed by atoms with van der Waals surface area (Å²) in [7, 11) is 0. The number of fused-ring (bicyclic) bond motifs is 3. The van der Waals surface area contributed by atoms with Crippen LogP contribution in [0.15, 0.2) is 26.7 Å². The molecule has 102 valence electrons. The fourth-order valence-corrected chi connectivity index (χ4v) is 4.80. The lowest BCUT2D eigenvalue weighted by Gasteiger charge is -2.17. The van der Waals surface area contributed by atoms with Gasteiger partial charge < -0.3 is 4.42 Å². The summed E-state index contributed by atoms with van der Waals surface area (Å²) >= 11 is 3.20. The highest BCUT2D eigenvalue weighted by Crippen LogP contribution is 2.36. The molecule has 0 aliphatic heterocycles. The second kappa shape index (κ2) is 4.53. The molecule has 1 atom stereocenters. The van der Waals surface area contributed by atoms with Crippen molar-refractivity contribution in [1.29, 1.82) is 0 Å². The maximum Gasteiger partial charge on any atom is 0.348 e. The van der Waals surface area contributed by atoms with Crippen LogP contribution >= 0.6 is 22.7 Å². The number of hydrogen-bond acceptors (Lipinski definition) is 5. The molecule has 0 saturated heterocycles. The van der Waals surface area contributed by atoms with Crippen molar-refractivity contribution in [3.05, 3.63) is 38.4 Å². The van der Waals surface area contributed by atoms with Gasteiger partial charge in [0.25, 0.3) is 0 Å². The van der Waals surface area contributed by atoms with Crippen molar-refractivity contribution < 1.29 is 4.42 Å². The number of aryl methyl sites for hydroxylation is 1. The van der Waals surface area contributed by atoms with Gasteiger partial charge in [0, 0.05) is 4.88 Å². The van der Waals surface area contributed by atoms with E-state index in [1.165, 1.54) is 21.8 Å². The summed E-state index contributed by atoms with van der Waals surface area (Å²) in [6.45, 7) is 2.26. The molecule has 0 fully saturated rings. The SMILES string of the molecule is C[C@H]1CCc2c(sc3nc(-c4cccs4)oc(=O)c23)C1. The number of rotatable bonds is 1. The molecular weight excluding hydrogens is 290 g/mol. The molecule has 20 heavy (non-hydrogen) atoms. The molecule has 0 aromatic carbocycles. The van der Waals surface area contributed by atoms with Crippen LogP contribution in [0.1, 0.15) is 23.8 Å². The van der Waals surface area contributed by atoms with Gasteiger partial charge >= 0.3 is 5.63 Å². The van der Waals surface area contributed by atoms with Crippen LogP contribution in [-0.4, -0.2) is 4.98 Å². The van der Waals surface area contributed by atoms with Gasteiger partial charge in [-0.25, -0.2) is 9.78 Å². The van der Waals surface area contributed by atoms with Crippen LogP contribution in [0.2, 0.25) is 0 Å². The molecule has 5 heteroatoms. The van der Waals surface area contributed by atoms with E-state index in [1.807, 2.05) is 17.5 Å². The van der Waals surface area contributed by atoms with Crippen molar-refractivity contribution in [2.75, 3.05) is 0 Å². The molecule has 0 unspecified atom stereocenters. The smallest absolute Gasteiger partial charge is 0.348 e. The molecule has 0 N–H and O–H groups in total. The molecule has 0 saturated carbocycles. The maximum absolute atomic E-state index is 12.3. The van der Waals surface area contributed by atoms with E-state index in [-0.39, 0.29) is 5.63 Å². The Labute approximate surface area is 123 Å². The quantitative estimate of drug-likeness (QED) is 0.679. The number of thiophene rings is 2. The highest BCUT2D eigenvalue weighted by atomic mass is 32.1. The van der Waals surface area contributed by atoms with Crippen molar-refractivity contribution in [2.24, 2.45) is 5.92 Å². The summed E-state index contributed by atoms with van der Waals surface area (Å²) in [6, 6.07) is 3.87. The first kappa shape index (κ1) is 12.3. The molecule has 0 amide bonds. The summed E-state index contributed by atoms with van der Waals surface area (Å²) in [5.41, 5.74) is 0.951. The highest BCUT2D eigenvalue weighted by Gasteiger charge is 2.24. The normalized spacial score (nSPS) is 18.4. The minimum atomic E-state index is -0.231. The van der Waals surface area contributed by atoms with Crippen molar-refractivity contribution in [2.45, 2.75) is 26.2 Å². The van der Waals surface area contributed by atoms with Crippen LogP contribution in [0, 0.1) is 5.92 Å². The minimum Gasteiger partial charge on any atom is -0.402 e. The third-order valence-corrected chi connectivity index (χ3v) is 5.83. The molecule has 0 radical (unpaired) electrons. The predicted molar refractivity (Wildman–Crippen MR) is 82.7 cm³/mol. The van der Waals surface area contributed by atoms with Crippen molar-refractivity contribution in [3.8, 4) is 10.8 Å². The summed E-state index contributed by atoms with van der Waals surface area (Å²) in [6.07, 6.45) is 3.18. The van der Waals surface area contributed by atoms with Crippen molar-refractivity contribution in [1.82, 2.24) is 4.98 Å². The fraction of sp³-hybridized carbons (Fsp3) is 0.333. The third kappa shape index (κ3) is 1.84. The fourth-order valence-electron chi connectivity index (χ4n) is 2.79. The second-order valence-electron chi connectivity index (χ2n) is 5.32. The Kier molecular flexibility index (Phi) is 2.79. The first-order valence-electron chi connectivity index (χ1n) is 6.71. The Morgan fingerprint density at radius 2 is 2.35 bits per heavy atom. The molecule has 0 spiro atoms. The van der Waals surface area contributed by atoms with Gasteiger partial charge in [-0.1, -0.05) is 13.0 Å². The van der Waals surface area contributed by atoms with Crippen LogP contribution in [0.4, 0.5) is 0 Å². The maximum atomic E-state index is 12.3. The van der Waals surface area contributed by atoms with E-state index in [2.05, 4.69) is 11.9 Å². The van der Waals surface area contributed by atoms with Gasteiger partial charge in [-0.15, -0.1) is 22.7 Å².